The van der Waals surface area contributed by atoms with Crippen LogP contribution in [-0.4, -0.2) is 42.0 Å². The van der Waals surface area contributed by atoms with Gasteiger partial charge in [0.1, 0.15) is 11.6 Å². The minimum atomic E-state index is 0.244. The minimum absolute atomic E-state index is 0.244. The fourth-order valence-electron chi connectivity index (χ4n) is 1.77. The van der Waals surface area contributed by atoms with E-state index >= 15 is 0 Å². The Morgan fingerprint density at radius 1 is 1.24 bits per heavy atom. The van der Waals surface area contributed by atoms with Crippen molar-refractivity contribution >= 4 is 23.4 Å². The summed E-state index contributed by atoms with van der Waals surface area (Å²) in [4.78, 5) is 9.01. The second kappa shape index (κ2) is 9.84. The van der Waals surface area contributed by atoms with Gasteiger partial charge in [0, 0.05) is 19.2 Å². The van der Waals surface area contributed by atoms with Crippen LogP contribution in [0.15, 0.2) is 11.2 Å². The molecule has 21 heavy (non-hydrogen) atoms. The van der Waals surface area contributed by atoms with Crippen LogP contribution in [0.3, 0.4) is 0 Å². The standard InChI is InChI=1S/C15H28N4OS/c1-6-8-16-13-9-14(19-15(18-13)21-5)17-12(11(3)4)10-20-7-2/h9,11-12H,6-8,10H2,1-5H3,(H2,16,17,18,19). The van der Waals surface area contributed by atoms with Gasteiger partial charge in [-0.05, 0) is 25.5 Å². The van der Waals surface area contributed by atoms with Crippen molar-refractivity contribution in [3.8, 4) is 0 Å². The Hall–Kier alpha value is -1.01. The van der Waals surface area contributed by atoms with Crippen molar-refractivity contribution in [1.29, 1.82) is 0 Å². The molecule has 1 atom stereocenters. The number of hydrogen-bond acceptors (Lipinski definition) is 6. The van der Waals surface area contributed by atoms with E-state index in [9.17, 15) is 0 Å². The van der Waals surface area contributed by atoms with E-state index in [1.807, 2.05) is 19.2 Å². The van der Waals surface area contributed by atoms with E-state index in [2.05, 4.69) is 41.4 Å². The molecule has 0 radical (unpaired) electrons. The summed E-state index contributed by atoms with van der Waals surface area (Å²) in [6, 6.07) is 2.21. The van der Waals surface area contributed by atoms with Crippen molar-refractivity contribution in [1.82, 2.24) is 9.97 Å². The molecule has 0 saturated heterocycles. The molecule has 0 amide bonds. The molecule has 0 aliphatic rings. The van der Waals surface area contributed by atoms with Crippen molar-refractivity contribution in [3.63, 3.8) is 0 Å². The van der Waals surface area contributed by atoms with Gasteiger partial charge in [0.25, 0.3) is 0 Å². The molecule has 0 aromatic carbocycles. The molecule has 1 aromatic rings. The zero-order valence-electron chi connectivity index (χ0n) is 13.8. The van der Waals surface area contributed by atoms with E-state index in [1.165, 1.54) is 0 Å². The van der Waals surface area contributed by atoms with Gasteiger partial charge in [0.2, 0.25) is 0 Å². The van der Waals surface area contributed by atoms with Crippen LogP contribution in [0, 0.1) is 5.92 Å². The molecule has 1 heterocycles. The van der Waals surface area contributed by atoms with Crippen molar-refractivity contribution < 1.29 is 4.74 Å². The summed E-state index contributed by atoms with van der Waals surface area (Å²) in [5.41, 5.74) is 0. The first kappa shape index (κ1) is 18.0. The summed E-state index contributed by atoms with van der Waals surface area (Å²) in [7, 11) is 0. The lowest BCUT2D eigenvalue weighted by Crippen LogP contribution is -2.31. The fraction of sp³-hybridized carbons (Fsp3) is 0.733. The van der Waals surface area contributed by atoms with Gasteiger partial charge in [-0.2, -0.15) is 0 Å². The molecular formula is C15H28N4OS. The average molecular weight is 312 g/mol. The van der Waals surface area contributed by atoms with E-state index in [4.69, 9.17) is 4.74 Å². The molecule has 0 saturated carbocycles. The minimum Gasteiger partial charge on any atom is -0.380 e. The monoisotopic (exact) mass is 312 g/mol. The highest BCUT2D eigenvalue weighted by Crippen LogP contribution is 2.19. The summed E-state index contributed by atoms with van der Waals surface area (Å²) in [5, 5.41) is 7.57. The fourth-order valence-corrected chi connectivity index (χ4v) is 2.15. The first-order chi connectivity index (χ1) is 10.1. The maximum Gasteiger partial charge on any atom is 0.191 e. The SMILES string of the molecule is CCCNc1cc(NC(COCC)C(C)C)nc(SC)n1. The Morgan fingerprint density at radius 2 is 1.95 bits per heavy atom. The Morgan fingerprint density at radius 3 is 2.52 bits per heavy atom. The van der Waals surface area contributed by atoms with Gasteiger partial charge in [-0.1, -0.05) is 32.5 Å². The van der Waals surface area contributed by atoms with Gasteiger partial charge in [-0.15, -0.1) is 0 Å². The number of anilines is 2. The van der Waals surface area contributed by atoms with Gasteiger partial charge in [0.05, 0.1) is 12.6 Å². The van der Waals surface area contributed by atoms with Crippen molar-refractivity contribution in [3.05, 3.63) is 6.07 Å². The van der Waals surface area contributed by atoms with Gasteiger partial charge >= 0.3 is 0 Å². The summed E-state index contributed by atoms with van der Waals surface area (Å²) in [6.07, 6.45) is 3.06. The lowest BCUT2D eigenvalue weighted by Gasteiger charge is -2.23. The van der Waals surface area contributed by atoms with Crippen LogP contribution in [-0.2, 0) is 4.74 Å². The Labute approximate surface area is 132 Å². The first-order valence-electron chi connectivity index (χ1n) is 7.61. The second-order valence-electron chi connectivity index (χ2n) is 5.21. The molecular weight excluding hydrogens is 284 g/mol. The summed E-state index contributed by atoms with van der Waals surface area (Å²) >= 11 is 1.55. The molecule has 6 heteroatoms. The van der Waals surface area contributed by atoms with Crippen LogP contribution in [0.25, 0.3) is 0 Å². The highest BCUT2D eigenvalue weighted by molar-refractivity contribution is 7.98. The molecule has 0 bridgehead atoms. The number of nitrogens with zero attached hydrogens (tertiary/aromatic N) is 2. The van der Waals surface area contributed by atoms with Crippen molar-refractivity contribution in [2.45, 2.75) is 45.3 Å². The topological polar surface area (TPSA) is 59.1 Å². The van der Waals surface area contributed by atoms with Gasteiger partial charge in [-0.25, -0.2) is 9.97 Å². The first-order valence-corrected chi connectivity index (χ1v) is 8.84. The van der Waals surface area contributed by atoms with Crippen molar-refractivity contribution in [2.24, 2.45) is 5.92 Å². The highest BCUT2D eigenvalue weighted by Gasteiger charge is 2.15. The van der Waals surface area contributed by atoms with Crippen LogP contribution < -0.4 is 10.6 Å². The van der Waals surface area contributed by atoms with Crippen LogP contribution in [0.4, 0.5) is 11.6 Å². The number of rotatable bonds is 10. The average Bonchev–Trinajstić information content (AvgIpc) is 2.48. The molecule has 0 fully saturated rings. The van der Waals surface area contributed by atoms with Crippen LogP contribution in [0.5, 0.6) is 0 Å². The smallest absolute Gasteiger partial charge is 0.191 e. The Balaban J connectivity index is 2.83. The largest absolute Gasteiger partial charge is 0.380 e. The number of aromatic nitrogens is 2. The van der Waals surface area contributed by atoms with Crippen LogP contribution >= 0.6 is 11.8 Å². The predicted molar refractivity (Wildman–Crippen MR) is 91.3 cm³/mol. The maximum absolute atomic E-state index is 5.55. The number of ether oxygens (including phenoxy) is 1. The van der Waals surface area contributed by atoms with E-state index in [0.717, 1.165) is 36.4 Å². The van der Waals surface area contributed by atoms with Gasteiger partial charge in [-0.3, -0.25) is 0 Å². The van der Waals surface area contributed by atoms with E-state index < -0.39 is 0 Å². The van der Waals surface area contributed by atoms with Gasteiger partial charge < -0.3 is 15.4 Å². The zero-order valence-corrected chi connectivity index (χ0v) is 14.6. The molecule has 120 valence electrons. The molecule has 2 N–H and O–H groups in total. The third-order valence-electron chi connectivity index (χ3n) is 3.08. The lowest BCUT2D eigenvalue weighted by atomic mass is 10.1. The third-order valence-corrected chi connectivity index (χ3v) is 3.63. The molecule has 0 spiro atoms. The second-order valence-corrected chi connectivity index (χ2v) is 5.98. The highest BCUT2D eigenvalue weighted by atomic mass is 32.2. The van der Waals surface area contributed by atoms with Crippen LogP contribution in [0.1, 0.15) is 34.1 Å². The maximum atomic E-state index is 5.55. The summed E-state index contributed by atoms with van der Waals surface area (Å²) in [5.74, 6) is 2.19. The molecule has 1 aromatic heterocycles. The van der Waals surface area contributed by atoms with Crippen LogP contribution in [0.2, 0.25) is 0 Å². The Kier molecular flexibility index (Phi) is 8.45. The lowest BCUT2D eigenvalue weighted by molar-refractivity contribution is 0.126. The van der Waals surface area contributed by atoms with E-state index in [-0.39, 0.29) is 6.04 Å². The quantitative estimate of drug-likeness (QED) is 0.509. The predicted octanol–water partition coefficient (Wildman–Crippen LogP) is 3.49. The molecule has 5 nitrogen and oxygen atoms in total. The molecule has 1 rings (SSSR count). The third kappa shape index (κ3) is 6.52. The van der Waals surface area contributed by atoms with Crippen molar-refractivity contribution in [2.75, 3.05) is 36.6 Å². The van der Waals surface area contributed by atoms with Gasteiger partial charge in [0.15, 0.2) is 5.16 Å². The Bertz CT molecular complexity index is 415. The molecule has 1 unspecified atom stereocenters. The number of nitrogens with one attached hydrogen (secondary N) is 2. The molecule has 0 aliphatic carbocycles. The summed E-state index contributed by atoms with van der Waals surface area (Å²) < 4.78 is 5.55. The normalized spacial score (nSPS) is 12.5. The summed E-state index contributed by atoms with van der Waals surface area (Å²) in [6.45, 7) is 10.9. The van der Waals surface area contributed by atoms with E-state index in [0.29, 0.717) is 12.5 Å². The zero-order chi connectivity index (χ0) is 15.7. The number of hydrogen-bond donors (Lipinski definition) is 2. The molecule has 0 aliphatic heterocycles. The number of thioether (sulfide) groups is 1. The van der Waals surface area contributed by atoms with E-state index in [1.54, 1.807) is 11.8 Å².